The molecule has 1 aliphatic heterocycles. The summed E-state index contributed by atoms with van der Waals surface area (Å²) in [6, 6.07) is 8.29. The van der Waals surface area contributed by atoms with Crippen molar-refractivity contribution in [1.29, 1.82) is 0 Å². The molecule has 1 fully saturated rings. The van der Waals surface area contributed by atoms with Crippen molar-refractivity contribution in [2.24, 2.45) is 5.92 Å². The van der Waals surface area contributed by atoms with Crippen LogP contribution in [0.1, 0.15) is 27.2 Å². The maximum atomic E-state index is 12.8. The standard InChI is InChI=1S/C16H24F2N2S/c1-4-12-9-19-13(11(2)3)10-20(12)14-7-5-6-8-15(14)21-16(17)18/h5-8,11-13,16,19H,4,9-10H2,1-3H3. The number of rotatable bonds is 5. The molecule has 0 aromatic heterocycles. The van der Waals surface area contributed by atoms with Crippen LogP contribution in [-0.4, -0.2) is 30.9 Å². The van der Waals surface area contributed by atoms with Gasteiger partial charge in [-0.3, -0.25) is 0 Å². The van der Waals surface area contributed by atoms with Gasteiger partial charge >= 0.3 is 0 Å². The molecule has 2 atom stereocenters. The van der Waals surface area contributed by atoms with Gasteiger partial charge in [-0.25, -0.2) is 0 Å². The highest BCUT2D eigenvalue weighted by Crippen LogP contribution is 2.36. The van der Waals surface area contributed by atoms with Crippen molar-refractivity contribution < 1.29 is 8.78 Å². The van der Waals surface area contributed by atoms with Crippen LogP contribution in [0.3, 0.4) is 0 Å². The normalized spacial score (nSPS) is 23.1. The second kappa shape index (κ2) is 7.45. The SMILES string of the molecule is CCC1CNC(C(C)C)CN1c1ccccc1SC(F)F. The van der Waals surface area contributed by atoms with Gasteiger partial charge in [-0.05, 0) is 24.5 Å². The van der Waals surface area contributed by atoms with Crippen LogP contribution < -0.4 is 10.2 Å². The molecule has 1 N–H and O–H groups in total. The first-order chi connectivity index (χ1) is 10.0. The van der Waals surface area contributed by atoms with E-state index in [0.29, 0.717) is 34.7 Å². The molecule has 2 rings (SSSR count). The molecule has 2 unspecified atom stereocenters. The highest BCUT2D eigenvalue weighted by atomic mass is 32.2. The van der Waals surface area contributed by atoms with Gasteiger partial charge in [-0.1, -0.05) is 44.7 Å². The minimum atomic E-state index is -2.38. The lowest BCUT2D eigenvalue weighted by Crippen LogP contribution is -2.58. The molecule has 0 radical (unpaired) electrons. The molecule has 2 nitrogen and oxygen atoms in total. The maximum absolute atomic E-state index is 12.8. The molecular formula is C16H24F2N2S. The van der Waals surface area contributed by atoms with Crippen molar-refractivity contribution in [2.45, 2.75) is 49.9 Å². The third-order valence-electron chi connectivity index (χ3n) is 4.12. The minimum absolute atomic E-state index is 0.361. The maximum Gasteiger partial charge on any atom is 0.288 e. The molecule has 0 spiro atoms. The minimum Gasteiger partial charge on any atom is -0.365 e. The average molecular weight is 314 g/mol. The first-order valence-electron chi connectivity index (χ1n) is 7.56. The molecule has 5 heteroatoms. The van der Waals surface area contributed by atoms with Gasteiger partial charge < -0.3 is 10.2 Å². The molecule has 0 saturated carbocycles. The third kappa shape index (κ3) is 4.10. The number of piperazine rings is 1. The lowest BCUT2D eigenvalue weighted by Gasteiger charge is -2.43. The van der Waals surface area contributed by atoms with Crippen LogP contribution in [0.4, 0.5) is 14.5 Å². The van der Waals surface area contributed by atoms with Gasteiger partial charge in [-0.15, -0.1) is 0 Å². The zero-order chi connectivity index (χ0) is 15.4. The van der Waals surface area contributed by atoms with E-state index in [0.717, 1.165) is 25.2 Å². The first-order valence-corrected chi connectivity index (χ1v) is 8.44. The summed E-state index contributed by atoms with van der Waals surface area (Å²) in [6.07, 6.45) is 1.01. The number of alkyl halides is 2. The molecule has 1 aliphatic rings. The third-order valence-corrected chi connectivity index (χ3v) is 4.89. The number of benzene rings is 1. The summed E-state index contributed by atoms with van der Waals surface area (Å²) in [6.45, 7) is 8.33. The Morgan fingerprint density at radius 3 is 2.67 bits per heavy atom. The van der Waals surface area contributed by atoms with Crippen molar-refractivity contribution in [3.63, 3.8) is 0 Å². The van der Waals surface area contributed by atoms with Crippen molar-refractivity contribution in [1.82, 2.24) is 5.32 Å². The van der Waals surface area contributed by atoms with Crippen molar-refractivity contribution in [3.8, 4) is 0 Å². The Labute approximate surface area is 130 Å². The monoisotopic (exact) mass is 314 g/mol. The van der Waals surface area contributed by atoms with Gasteiger partial charge in [0, 0.05) is 30.1 Å². The molecule has 1 aromatic carbocycles. The topological polar surface area (TPSA) is 15.3 Å². The van der Waals surface area contributed by atoms with Crippen LogP contribution in [0.25, 0.3) is 0 Å². The molecule has 118 valence electrons. The summed E-state index contributed by atoms with van der Waals surface area (Å²) in [5.41, 5.74) is 0.946. The van der Waals surface area contributed by atoms with E-state index >= 15 is 0 Å². The van der Waals surface area contributed by atoms with Crippen LogP contribution in [0.5, 0.6) is 0 Å². The van der Waals surface area contributed by atoms with E-state index in [4.69, 9.17) is 0 Å². The Balaban J connectivity index is 2.27. The second-order valence-corrected chi connectivity index (χ2v) is 6.85. The number of hydrogen-bond acceptors (Lipinski definition) is 3. The molecule has 1 heterocycles. The van der Waals surface area contributed by atoms with Gasteiger partial charge in [0.05, 0.1) is 5.69 Å². The van der Waals surface area contributed by atoms with Crippen LogP contribution in [0.2, 0.25) is 0 Å². The first kappa shape index (κ1) is 16.6. The van der Waals surface area contributed by atoms with Crippen LogP contribution in [0, 0.1) is 5.92 Å². The van der Waals surface area contributed by atoms with E-state index in [9.17, 15) is 8.78 Å². The number of halogens is 2. The number of nitrogens with one attached hydrogen (secondary N) is 1. The van der Waals surface area contributed by atoms with Crippen molar-refractivity contribution in [3.05, 3.63) is 24.3 Å². The van der Waals surface area contributed by atoms with E-state index in [1.165, 1.54) is 0 Å². The predicted molar refractivity (Wildman–Crippen MR) is 86.4 cm³/mol. The van der Waals surface area contributed by atoms with Gasteiger partial charge in [0.25, 0.3) is 5.76 Å². The van der Waals surface area contributed by atoms with Gasteiger partial charge in [0.1, 0.15) is 0 Å². The van der Waals surface area contributed by atoms with Gasteiger partial charge in [-0.2, -0.15) is 8.78 Å². The second-order valence-electron chi connectivity index (χ2n) is 5.82. The summed E-state index contributed by atoms with van der Waals surface area (Å²) in [4.78, 5) is 2.99. The zero-order valence-electron chi connectivity index (χ0n) is 12.9. The van der Waals surface area contributed by atoms with Crippen LogP contribution >= 0.6 is 11.8 Å². The Kier molecular flexibility index (Phi) is 5.88. The van der Waals surface area contributed by atoms with Crippen LogP contribution in [-0.2, 0) is 0 Å². The van der Waals surface area contributed by atoms with Crippen molar-refractivity contribution in [2.75, 3.05) is 18.0 Å². The van der Waals surface area contributed by atoms with E-state index in [-0.39, 0.29) is 0 Å². The van der Waals surface area contributed by atoms with Gasteiger partial charge in [0.2, 0.25) is 0 Å². The average Bonchev–Trinajstić information content (AvgIpc) is 2.46. The summed E-state index contributed by atoms with van der Waals surface area (Å²) in [5.74, 6) is -1.85. The van der Waals surface area contributed by atoms with Crippen LogP contribution in [0.15, 0.2) is 29.2 Å². The number of thioether (sulfide) groups is 1. The van der Waals surface area contributed by atoms with Crippen molar-refractivity contribution >= 4 is 17.4 Å². The quantitative estimate of drug-likeness (QED) is 0.820. The highest BCUT2D eigenvalue weighted by Gasteiger charge is 2.30. The van der Waals surface area contributed by atoms with E-state index in [2.05, 4.69) is 31.0 Å². The van der Waals surface area contributed by atoms with E-state index < -0.39 is 5.76 Å². The number of para-hydroxylation sites is 1. The zero-order valence-corrected chi connectivity index (χ0v) is 13.7. The lowest BCUT2D eigenvalue weighted by atomic mass is 9.98. The number of hydrogen-bond donors (Lipinski definition) is 1. The highest BCUT2D eigenvalue weighted by molar-refractivity contribution is 7.99. The number of nitrogens with zero attached hydrogens (tertiary/aromatic N) is 1. The molecule has 1 saturated heterocycles. The summed E-state index contributed by atoms with van der Waals surface area (Å²) >= 11 is 0.645. The smallest absolute Gasteiger partial charge is 0.288 e. The van der Waals surface area contributed by atoms with Gasteiger partial charge in [0.15, 0.2) is 0 Å². The Bertz CT molecular complexity index is 454. The molecule has 0 aliphatic carbocycles. The molecule has 0 bridgehead atoms. The van der Waals surface area contributed by atoms with E-state index in [1.807, 2.05) is 18.2 Å². The fourth-order valence-corrected chi connectivity index (χ4v) is 3.47. The van der Waals surface area contributed by atoms with E-state index in [1.54, 1.807) is 6.07 Å². The lowest BCUT2D eigenvalue weighted by molar-refractivity contribution is 0.252. The Morgan fingerprint density at radius 1 is 1.33 bits per heavy atom. The summed E-state index contributed by atoms with van der Waals surface area (Å²) in [5, 5.41) is 3.58. The molecular weight excluding hydrogens is 290 g/mol. The molecule has 0 amide bonds. The summed E-state index contributed by atoms with van der Waals surface area (Å²) < 4.78 is 25.6. The molecule has 1 aromatic rings. The Hall–Kier alpha value is -0.810. The number of anilines is 1. The predicted octanol–water partition coefficient (Wildman–Crippen LogP) is 4.21. The summed E-state index contributed by atoms with van der Waals surface area (Å²) in [7, 11) is 0. The molecule has 21 heavy (non-hydrogen) atoms. The fraction of sp³-hybridized carbons (Fsp3) is 0.625. The Morgan fingerprint density at radius 2 is 2.05 bits per heavy atom. The largest absolute Gasteiger partial charge is 0.365 e. The fourth-order valence-electron chi connectivity index (χ4n) is 2.82.